The predicted molar refractivity (Wildman–Crippen MR) is 519 cm³/mol. The van der Waals surface area contributed by atoms with Gasteiger partial charge in [0.1, 0.15) is 22.3 Å². The maximum absolute atomic E-state index is 6.71. The molecule has 0 aliphatic carbocycles. The molecular formula is C116H72N8O2. The van der Waals surface area contributed by atoms with Crippen molar-refractivity contribution in [1.29, 1.82) is 0 Å². The lowest BCUT2D eigenvalue weighted by Gasteiger charge is -2.12. The molecule has 0 N–H and O–H groups in total. The number of fused-ring (bicyclic) bond motifs is 22. The van der Waals surface area contributed by atoms with Crippen molar-refractivity contribution in [2.24, 2.45) is 0 Å². The van der Waals surface area contributed by atoms with Gasteiger partial charge in [0.2, 0.25) is 0 Å². The monoisotopic (exact) mass is 1610 g/mol. The Morgan fingerprint density at radius 1 is 0.167 bits per heavy atom. The largest absolute Gasteiger partial charge is 0.455 e. The standard InChI is InChI=1S/2C58H36N4O/c1-4-16-37(17-5-1)48-36-49(38-18-6-2-7-19-38)60-58(59-48)41-22-14-20-39(34-41)40-21-15-25-43(35-40)61-50-28-12-10-27-46(50)54-51(61)33-31-47-55-52(62(56(47)54)42-23-8-3-9-24-42)32-30-45-44-26-11-13-29-53(44)63-57(45)55;1-4-15-38(16-5-1)48-36-49(39-17-6-2-7-18-39)60-58(59-48)41-20-14-19-40(35-41)37-27-29-43(30-28-37)61-50-25-12-10-24-46(50)54-51(61)34-32-47-55-52(62(56(47)54)42-21-8-3-9-22-42)33-31-45-44-23-11-13-26-53(44)63-57(45)55/h2*1-36H. The number of nitrogens with zero attached hydrogens (tertiary/aromatic N) is 8. The predicted octanol–water partition coefficient (Wildman–Crippen LogP) is 30.5. The summed E-state index contributed by atoms with van der Waals surface area (Å²) >= 11 is 0. The molecule has 0 aliphatic rings. The summed E-state index contributed by atoms with van der Waals surface area (Å²) in [5.41, 5.74) is 31.3. The van der Waals surface area contributed by atoms with Crippen LogP contribution in [0.25, 0.3) is 244 Å². The van der Waals surface area contributed by atoms with E-state index in [-0.39, 0.29) is 0 Å². The lowest BCUT2D eigenvalue weighted by molar-refractivity contribution is 0.672. The van der Waals surface area contributed by atoms with Gasteiger partial charge in [0.15, 0.2) is 11.6 Å². The van der Waals surface area contributed by atoms with Crippen LogP contribution in [0.5, 0.6) is 0 Å². The van der Waals surface area contributed by atoms with Crippen LogP contribution in [0.15, 0.2) is 446 Å². The fourth-order valence-corrected chi connectivity index (χ4v) is 19.4. The molecular weight excluding hydrogens is 1540 g/mol. The van der Waals surface area contributed by atoms with Gasteiger partial charge in [0.05, 0.1) is 77.7 Å². The van der Waals surface area contributed by atoms with Gasteiger partial charge >= 0.3 is 0 Å². The van der Waals surface area contributed by atoms with Gasteiger partial charge in [0.25, 0.3) is 0 Å². The zero-order valence-corrected chi connectivity index (χ0v) is 68.0. The number of hydrogen-bond acceptors (Lipinski definition) is 6. The van der Waals surface area contributed by atoms with E-state index in [0.717, 1.165) is 200 Å². The van der Waals surface area contributed by atoms with Gasteiger partial charge in [-0.1, -0.05) is 291 Å². The van der Waals surface area contributed by atoms with Gasteiger partial charge in [0, 0.05) is 110 Å². The van der Waals surface area contributed by atoms with E-state index >= 15 is 0 Å². The topological polar surface area (TPSA) is 97.6 Å². The van der Waals surface area contributed by atoms with Crippen LogP contribution in [0.2, 0.25) is 0 Å². The van der Waals surface area contributed by atoms with Crippen molar-refractivity contribution in [3.8, 4) is 113 Å². The molecule has 18 aromatic carbocycles. The third-order valence-electron chi connectivity index (χ3n) is 25.0. The first-order valence-electron chi connectivity index (χ1n) is 42.6. The number of furan rings is 2. The second-order valence-corrected chi connectivity index (χ2v) is 32.3. The summed E-state index contributed by atoms with van der Waals surface area (Å²) in [5, 5.41) is 13.9. The van der Waals surface area contributed by atoms with Crippen molar-refractivity contribution >= 4 is 131 Å². The Bertz CT molecular complexity index is 8700. The summed E-state index contributed by atoms with van der Waals surface area (Å²) in [5.74, 6) is 1.38. The second kappa shape index (κ2) is 29.4. The molecule has 10 heteroatoms. The third kappa shape index (κ3) is 11.8. The number of rotatable bonds is 12. The summed E-state index contributed by atoms with van der Waals surface area (Å²) in [6.07, 6.45) is 0. The van der Waals surface area contributed by atoms with Gasteiger partial charge in [-0.3, -0.25) is 0 Å². The van der Waals surface area contributed by atoms with E-state index in [0.29, 0.717) is 11.6 Å². The Balaban J connectivity index is 0.000000137. The van der Waals surface area contributed by atoms with E-state index in [1.807, 2.05) is 60.7 Å². The molecule has 10 nitrogen and oxygen atoms in total. The quantitative estimate of drug-likeness (QED) is 0.121. The third-order valence-corrected chi connectivity index (χ3v) is 25.0. The smallest absolute Gasteiger partial charge is 0.160 e. The van der Waals surface area contributed by atoms with E-state index in [9.17, 15) is 0 Å². The average molecular weight is 1610 g/mol. The Hall–Kier alpha value is -17.1. The molecule has 0 saturated heterocycles. The minimum absolute atomic E-state index is 0.688. The molecule has 0 fully saturated rings. The van der Waals surface area contributed by atoms with Crippen LogP contribution in [-0.2, 0) is 0 Å². The molecule has 0 saturated carbocycles. The van der Waals surface area contributed by atoms with Gasteiger partial charge in [-0.05, 0) is 168 Å². The molecule has 126 heavy (non-hydrogen) atoms. The van der Waals surface area contributed by atoms with E-state index in [4.69, 9.17) is 28.8 Å². The molecule has 26 aromatic rings. The highest BCUT2D eigenvalue weighted by Crippen LogP contribution is 2.49. The summed E-state index contributed by atoms with van der Waals surface area (Å²) in [6.45, 7) is 0. The van der Waals surface area contributed by atoms with Crippen molar-refractivity contribution in [2.45, 2.75) is 0 Å². The number of para-hydroxylation sites is 6. The molecule has 0 unspecified atom stereocenters. The van der Waals surface area contributed by atoms with Crippen LogP contribution in [0, 0.1) is 0 Å². The Morgan fingerprint density at radius 2 is 0.468 bits per heavy atom. The van der Waals surface area contributed by atoms with Crippen LogP contribution < -0.4 is 0 Å². The highest BCUT2D eigenvalue weighted by Gasteiger charge is 2.28. The summed E-state index contributed by atoms with van der Waals surface area (Å²) in [6, 6.07) is 154. The Labute approximate surface area is 723 Å². The first-order chi connectivity index (χ1) is 62.5. The molecule has 0 spiro atoms. The van der Waals surface area contributed by atoms with Gasteiger partial charge in [-0.25, -0.2) is 19.9 Å². The first kappa shape index (κ1) is 71.8. The van der Waals surface area contributed by atoms with Crippen molar-refractivity contribution in [1.82, 2.24) is 38.2 Å². The fraction of sp³-hybridized carbons (Fsp3) is 0. The molecule has 0 radical (unpaired) electrons. The maximum atomic E-state index is 6.71. The Kier molecular flexibility index (Phi) is 16.7. The summed E-state index contributed by atoms with van der Waals surface area (Å²) in [4.78, 5) is 20.5. The van der Waals surface area contributed by atoms with E-state index in [1.54, 1.807) is 0 Å². The van der Waals surface area contributed by atoms with E-state index in [1.165, 1.54) is 32.4 Å². The lowest BCUT2D eigenvalue weighted by Crippen LogP contribution is -1.96. The van der Waals surface area contributed by atoms with Gasteiger partial charge in [-0.15, -0.1) is 0 Å². The van der Waals surface area contributed by atoms with Crippen molar-refractivity contribution < 1.29 is 8.83 Å². The summed E-state index contributed by atoms with van der Waals surface area (Å²) < 4.78 is 23.1. The lowest BCUT2D eigenvalue weighted by atomic mass is 10.0. The van der Waals surface area contributed by atoms with Crippen LogP contribution in [0.3, 0.4) is 0 Å². The summed E-state index contributed by atoms with van der Waals surface area (Å²) in [7, 11) is 0. The molecule has 588 valence electrons. The molecule has 0 bridgehead atoms. The molecule has 0 amide bonds. The van der Waals surface area contributed by atoms with Crippen LogP contribution >= 0.6 is 0 Å². The van der Waals surface area contributed by atoms with Crippen molar-refractivity contribution in [2.75, 3.05) is 0 Å². The van der Waals surface area contributed by atoms with Crippen LogP contribution in [-0.4, -0.2) is 38.2 Å². The van der Waals surface area contributed by atoms with Crippen LogP contribution in [0.4, 0.5) is 0 Å². The highest BCUT2D eigenvalue weighted by molar-refractivity contribution is 6.33. The second-order valence-electron chi connectivity index (χ2n) is 32.3. The van der Waals surface area contributed by atoms with E-state index < -0.39 is 0 Å². The minimum Gasteiger partial charge on any atom is -0.455 e. The zero-order valence-electron chi connectivity index (χ0n) is 68.0. The number of aromatic nitrogens is 8. The highest BCUT2D eigenvalue weighted by atomic mass is 16.3. The van der Waals surface area contributed by atoms with Gasteiger partial charge in [-0.2, -0.15) is 0 Å². The molecule has 0 aliphatic heterocycles. The number of benzene rings is 18. The van der Waals surface area contributed by atoms with E-state index in [2.05, 4.69) is 394 Å². The molecule has 0 atom stereocenters. The number of hydrogen-bond donors (Lipinski definition) is 0. The molecule has 8 heterocycles. The normalized spacial score (nSPS) is 11.8. The Morgan fingerprint density at radius 3 is 0.889 bits per heavy atom. The maximum Gasteiger partial charge on any atom is 0.160 e. The first-order valence-corrected chi connectivity index (χ1v) is 42.6. The fourth-order valence-electron chi connectivity index (χ4n) is 19.4. The van der Waals surface area contributed by atoms with Gasteiger partial charge < -0.3 is 27.1 Å². The zero-order chi connectivity index (χ0) is 82.9. The average Bonchev–Trinajstić information content (AvgIpc) is 1.54. The SMILES string of the molecule is c1ccc(-c2cc(-c3ccccc3)nc(-c3cccc(-c4ccc(-n5c6ccccc6c6c5ccc5c7c8oc9ccccc9c8ccc7n(-c7ccccc7)c56)cc4)c3)n2)cc1.c1ccc(-c2cc(-c3ccccc3)nc(-c3cccc(-c4cccc(-n5c6ccccc6c6c5ccc5c7c8oc9ccccc9c8ccc7n(-c7ccccc7)c56)c4)c3)n2)cc1. The minimum atomic E-state index is 0.688. The van der Waals surface area contributed by atoms with Crippen molar-refractivity contribution in [3.63, 3.8) is 0 Å². The molecule has 26 rings (SSSR count). The molecule has 8 aromatic heterocycles. The van der Waals surface area contributed by atoms with Crippen LogP contribution in [0.1, 0.15) is 0 Å². The van der Waals surface area contributed by atoms with Crippen molar-refractivity contribution in [3.05, 3.63) is 437 Å².